The summed E-state index contributed by atoms with van der Waals surface area (Å²) in [4.78, 5) is 37.4. The molecule has 1 aliphatic heterocycles. The lowest BCUT2D eigenvalue weighted by molar-refractivity contribution is -0.127. The maximum atomic E-state index is 13.2. The molecule has 0 aliphatic carbocycles. The Hall–Kier alpha value is -3.13. The smallest absolute Gasteiger partial charge is 0.294 e. The molecule has 3 rings (SSSR count). The van der Waals surface area contributed by atoms with E-state index in [4.69, 9.17) is 0 Å². The van der Waals surface area contributed by atoms with E-state index in [2.05, 4.69) is 5.32 Å². The molecule has 1 heterocycles. The van der Waals surface area contributed by atoms with Gasteiger partial charge in [0, 0.05) is 5.69 Å². The van der Waals surface area contributed by atoms with Gasteiger partial charge < -0.3 is 10.4 Å². The van der Waals surface area contributed by atoms with Gasteiger partial charge in [0.25, 0.3) is 11.1 Å². The van der Waals surface area contributed by atoms with Gasteiger partial charge in [0.05, 0.1) is 4.91 Å². The van der Waals surface area contributed by atoms with Crippen LogP contribution in [0.5, 0.6) is 5.75 Å². The molecule has 8 heteroatoms. The third-order valence-corrected chi connectivity index (χ3v) is 4.38. The minimum Gasteiger partial charge on any atom is -0.508 e. The summed E-state index contributed by atoms with van der Waals surface area (Å²) in [5.74, 6) is -1.56. The molecule has 0 unspecified atom stereocenters. The molecule has 26 heavy (non-hydrogen) atoms. The monoisotopic (exact) mass is 372 g/mol. The number of phenols is 1. The maximum Gasteiger partial charge on any atom is 0.294 e. The van der Waals surface area contributed by atoms with Crippen LogP contribution in [0.3, 0.4) is 0 Å². The van der Waals surface area contributed by atoms with Crippen molar-refractivity contribution in [3.05, 3.63) is 64.8 Å². The average molecular weight is 372 g/mol. The minimum absolute atomic E-state index is 0.0522. The number of carbonyl (C=O) groups excluding carboxylic acids is 3. The van der Waals surface area contributed by atoms with Gasteiger partial charge in [-0.2, -0.15) is 0 Å². The second-order valence-corrected chi connectivity index (χ2v) is 6.41. The highest BCUT2D eigenvalue weighted by Crippen LogP contribution is 2.32. The average Bonchev–Trinajstić information content (AvgIpc) is 2.84. The van der Waals surface area contributed by atoms with Crippen LogP contribution in [0.15, 0.2) is 53.4 Å². The Labute approximate surface area is 152 Å². The first kappa shape index (κ1) is 17.7. The molecule has 132 valence electrons. The van der Waals surface area contributed by atoms with Gasteiger partial charge in [0.15, 0.2) is 0 Å². The van der Waals surface area contributed by atoms with Gasteiger partial charge in [-0.1, -0.05) is 12.1 Å². The van der Waals surface area contributed by atoms with E-state index >= 15 is 0 Å². The number of benzene rings is 2. The van der Waals surface area contributed by atoms with Gasteiger partial charge in [-0.3, -0.25) is 19.3 Å². The predicted molar refractivity (Wildman–Crippen MR) is 95.8 cm³/mol. The molecule has 1 saturated heterocycles. The number of carbonyl (C=O) groups is 3. The van der Waals surface area contributed by atoms with E-state index in [0.717, 1.165) is 4.90 Å². The van der Waals surface area contributed by atoms with Gasteiger partial charge in [-0.05, 0) is 59.8 Å². The van der Waals surface area contributed by atoms with E-state index < -0.39 is 29.4 Å². The van der Waals surface area contributed by atoms with Gasteiger partial charge in [-0.15, -0.1) is 0 Å². The highest BCUT2D eigenvalue weighted by Gasteiger charge is 2.36. The van der Waals surface area contributed by atoms with Crippen molar-refractivity contribution >= 4 is 40.6 Å². The van der Waals surface area contributed by atoms with Crippen LogP contribution in [-0.4, -0.2) is 33.6 Å². The molecule has 0 spiro atoms. The number of hydrogen-bond acceptors (Lipinski definition) is 5. The van der Waals surface area contributed by atoms with Crippen molar-refractivity contribution < 1.29 is 23.9 Å². The summed E-state index contributed by atoms with van der Waals surface area (Å²) in [6.45, 7) is -0.438. The van der Waals surface area contributed by atoms with E-state index in [1.54, 1.807) is 6.07 Å². The number of thioether (sulfide) groups is 1. The largest absolute Gasteiger partial charge is 0.508 e. The molecule has 0 radical (unpaired) electrons. The Bertz CT molecular complexity index is 912. The number of rotatable bonds is 4. The lowest BCUT2D eigenvalue weighted by atomic mass is 10.2. The number of hydrogen-bond donors (Lipinski definition) is 2. The van der Waals surface area contributed by atoms with E-state index in [1.807, 2.05) is 0 Å². The maximum absolute atomic E-state index is 13.2. The van der Waals surface area contributed by atoms with Gasteiger partial charge >= 0.3 is 0 Å². The van der Waals surface area contributed by atoms with Gasteiger partial charge in [-0.25, -0.2) is 4.39 Å². The fourth-order valence-corrected chi connectivity index (χ4v) is 3.11. The number of nitrogens with zero attached hydrogens (tertiary/aromatic N) is 1. The fourth-order valence-electron chi connectivity index (χ4n) is 2.27. The molecule has 1 fully saturated rings. The molecule has 0 bridgehead atoms. The molecular weight excluding hydrogens is 359 g/mol. The molecule has 0 aromatic heterocycles. The number of halogens is 1. The zero-order chi connectivity index (χ0) is 18.7. The molecule has 2 N–H and O–H groups in total. The van der Waals surface area contributed by atoms with Crippen LogP contribution in [0.25, 0.3) is 6.08 Å². The van der Waals surface area contributed by atoms with Crippen molar-refractivity contribution in [2.45, 2.75) is 0 Å². The van der Waals surface area contributed by atoms with Crippen LogP contribution in [0.2, 0.25) is 0 Å². The molecule has 3 amide bonds. The molecule has 2 aromatic rings. The molecular formula is C18H13FN2O4S. The van der Waals surface area contributed by atoms with Crippen LogP contribution < -0.4 is 5.32 Å². The Balaban J connectivity index is 1.69. The number of anilines is 1. The number of imide groups is 1. The SMILES string of the molecule is O=C(CN1C(=O)S/C(=C\c2cccc(F)c2)C1=O)Nc1ccc(O)cc1. The lowest BCUT2D eigenvalue weighted by Crippen LogP contribution is -2.36. The molecule has 6 nitrogen and oxygen atoms in total. The highest BCUT2D eigenvalue weighted by molar-refractivity contribution is 8.18. The van der Waals surface area contributed by atoms with Crippen molar-refractivity contribution in [1.82, 2.24) is 4.90 Å². The van der Waals surface area contributed by atoms with Crippen LogP contribution in [0.1, 0.15) is 5.56 Å². The number of phenolic OH excluding ortho intramolecular Hbond substituents is 1. The molecule has 0 saturated carbocycles. The molecule has 2 aromatic carbocycles. The van der Waals surface area contributed by atoms with E-state index in [0.29, 0.717) is 23.0 Å². The van der Waals surface area contributed by atoms with Crippen molar-refractivity contribution in [2.24, 2.45) is 0 Å². The first-order chi connectivity index (χ1) is 12.4. The predicted octanol–water partition coefficient (Wildman–Crippen LogP) is 3.21. The molecule has 0 atom stereocenters. The van der Waals surface area contributed by atoms with Crippen molar-refractivity contribution in [3.63, 3.8) is 0 Å². The second-order valence-electron chi connectivity index (χ2n) is 5.42. The Kier molecular flexibility index (Phi) is 5.04. The fraction of sp³-hybridized carbons (Fsp3) is 0.0556. The van der Waals surface area contributed by atoms with Gasteiger partial charge in [0.1, 0.15) is 18.1 Å². The Morgan fingerprint density at radius 2 is 1.92 bits per heavy atom. The summed E-state index contributed by atoms with van der Waals surface area (Å²) in [7, 11) is 0. The van der Waals surface area contributed by atoms with Crippen LogP contribution in [-0.2, 0) is 9.59 Å². The summed E-state index contributed by atoms with van der Waals surface area (Å²) in [6, 6.07) is 11.4. The van der Waals surface area contributed by atoms with Crippen molar-refractivity contribution in [1.29, 1.82) is 0 Å². The summed E-state index contributed by atoms with van der Waals surface area (Å²) >= 11 is 0.696. The topological polar surface area (TPSA) is 86.7 Å². The zero-order valence-electron chi connectivity index (χ0n) is 13.3. The van der Waals surface area contributed by atoms with Crippen LogP contribution in [0.4, 0.5) is 14.9 Å². The molecule has 1 aliphatic rings. The summed E-state index contributed by atoms with van der Waals surface area (Å²) in [6.07, 6.45) is 1.41. The second kappa shape index (κ2) is 7.40. The van der Waals surface area contributed by atoms with Crippen molar-refractivity contribution in [3.8, 4) is 5.75 Å². The Morgan fingerprint density at radius 3 is 2.62 bits per heavy atom. The normalized spacial score (nSPS) is 15.6. The first-order valence-corrected chi connectivity index (χ1v) is 8.34. The minimum atomic E-state index is -0.606. The van der Waals surface area contributed by atoms with Gasteiger partial charge in [0.2, 0.25) is 5.91 Å². The lowest BCUT2D eigenvalue weighted by Gasteiger charge is -2.12. The van der Waals surface area contributed by atoms with E-state index in [9.17, 15) is 23.9 Å². The van der Waals surface area contributed by atoms with Crippen LogP contribution in [0, 0.1) is 5.82 Å². The van der Waals surface area contributed by atoms with Crippen molar-refractivity contribution in [2.75, 3.05) is 11.9 Å². The zero-order valence-corrected chi connectivity index (χ0v) is 14.1. The number of nitrogens with one attached hydrogen (secondary N) is 1. The third kappa shape index (κ3) is 4.09. The quantitative estimate of drug-likeness (QED) is 0.636. The standard InChI is InChI=1S/C18H13FN2O4S/c19-12-3-1-2-11(8-12)9-15-17(24)21(18(25)26-15)10-16(23)20-13-4-6-14(22)7-5-13/h1-9,22H,10H2,(H,20,23)/b15-9-. The summed E-state index contributed by atoms with van der Waals surface area (Å²) < 4.78 is 13.2. The third-order valence-electron chi connectivity index (χ3n) is 3.47. The summed E-state index contributed by atoms with van der Waals surface area (Å²) in [5, 5.41) is 11.2. The number of aromatic hydroxyl groups is 1. The van der Waals surface area contributed by atoms with E-state index in [-0.39, 0.29) is 10.7 Å². The highest BCUT2D eigenvalue weighted by atomic mass is 32.2. The Morgan fingerprint density at radius 1 is 1.19 bits per heavy atom. The number of amides is 3. The van der Waals surface area contributed by atoms with Crippen LogP contribution >= 0.6 is 11.8 Å². The summed E-state index contributed by atoms with van der Waals surface area (Å²) in [5.41, 5.74) is 0.874. The first-order valence-electron chi connectivity index (χ1n) is 7.52. The van der Waals surface area contributed by atoms with E-state index in [1.165, 1.54) is 48.5 Å².